The molecule has 0 saturated carbocycles. The number of aromatic nitrogens is 4. The van der Waals surface area contributed by atoms with Gasteiger partial charge >= 0.3 is 0 Å². The van der Waals surface area contributed by atoms with Crippen LogP contribution in [0.1, 0.15) is 19.7 Å². The van der Waals surface area contributed by atoms with E-state index in [1.165, 1.54) is 11.3 Å². The van der Waals surface area contributed by atoms with Crippen LogP contribution >= 0.6 is 34.5 Å². The fourth-order valence-electron chi connectivity index (χ4n) is 2.17. The van der Waals surface area contributed by atoms with Gasteiger partial charge in [0.2, 0.25) is 4.96 Å². The first-order valence-electron chi connectivity index (χ1n) is 7.01. The molecule has 0 bridgehead atoms. The second kappa shape index (κ2) is 6.50. The first-order valence-corrected chi connectivity index (χ1v) is 8.58. The molecule has 0 atom stereocenters. The summed E-state index contributed by atoms with van der Waals surface area (Å²) in [4.78, 5) is 3.02. The van der Waals surface area contributed by atoms with E-state index in [-0.39, 0.29) is 0 Å². The minimum atomic E-state index is 0.625. The summed E-state index contributed by atoms with van der Waals surface area (Å²) in [5.41, 5.74) is 0.818. The third kappa shape index (κ3) is 2.96. The van der Waals surface area contributed by atoms with E-state index in [0.717, 1.165) is 41.0 Å². The molecule has 116 valence electrons. The van der Waals surface area contributed by atoms with Crippen LogP contribution in [-0.4, -0.2) is 37.8 Å². The lowest BCUT2D eigenvalue weighted by Gasteiger charge is -2.15. The third-order valence-electron chi connectivity index (χ3n) is 3.47. The molecule has 0 radical (unpaired) electrons. The molecule has 0 spiro atoms. The van der Waals surface area contributed by atoms with Crippen LogP contribution < -0.4 is 0 Å². The van der Waals surface area contributed by atoms with Crippen LogP contribution in [-0.2, 0) is 6.54 Å². The Labute approximate surface area is 142 Å². The average Bonchev–Trinajstić information content (AvgIpc) is 3.08. The Balaban J connectivity index is 2.00. The second-order valence-electron chi connectivity index (χ2n) is 4.80. The number of fused-ring (bicyclic) bond motifs is 1. The van der Waals surface area contributed by atoms with Crippen molar-refractivity contribution in [3.8, 4) is 10.6 Å². The van der Waals surface area contributed by atoms with E-state index >= 15 is 0 Å². The SMILES string of the molecule is CCN(CC)Cc1nnc2sc(-c3cc(Cl)ccc3Cl)nn12. The van der Waals surface area contributed by atoms with Gasteiger partial charge in [0.05, 0.1) is 11.6 Å². The van der Waals surface area contributed by atoms with E-state index in [0.29, 0.717) is 10.0 Å². The molecule has 0 unspecified atom stereocenters. The molecular formula is C14H15Cl2N5S. The molecule has 0 aliphatic carbocycles. The Bertz CT molecular complexity index is 794. The predicted octanol–water partition coefficient (Wildman–Crippen LogP) is 4.00. The number of nitrogens with zero attached hydrogens (tertiary/aromatic N) is 5. The zero-order valence-corrected chi connectivity index (χ0v) is 14.6. The molecule has 0 fully saturated rings. The maximum Gasteiger partial charge on any atom is 0.235 e. The number of benzene rings is 1. The van der Waals surface area contributed by atoms with Crippen molar-refractivity contribution in [1.82, 2.24) is 24.7 Å². The molecule has 0 saturated heterocycles. The van der Waals surface area contributed by atoms with Crippen molar-refractivity contribution in [1.29, 1.82) is 0 Å². The van der Waals surface area contributed by atoms with Crippen LogP contribution in [0.15, 0.2) is 18.2 Å². The first kappa shape index (κ1) is 15.7. The Kier molecular flexibility index (Phi) is 4.63. The van der Waals surface area contributed by atoms with E-state index in [1.54, 1.807) is 16.6 Å². The summed E-state index contributed by atoms with van der Waals surface area (Å²) in [7, 11) is 0. The zero-order chi connectivity index (χ0) is 15.7. The van der Waals surface area contributed by atoms with Gasteiger partial charge in [-0.05, 0) is 31.3 Å². The van der Waals surface area contributed by atoms with Gasteiger partial charge in [-0.1, -0.05) is 48.4 Å². The molecule has 5 nitrogen and oxygen atoms in total. The molecule has 0 N–H and O–H groups in total. The Morgan fingerprint density at radius 1 is 1.18 bits per heavy atom. The first-order chi connectivity index (χ1) is 10.6. The largest absolute Gasteiger partial charge is 0.296 e. The van der Waals surface area contributed by atoms with Gasteiger partial charge in [0.1, 0.15) is 5.01 Å². The fourth-order valence-corrected chi connectivity index (χ4v) is 3.50. The molecule has 0 amide bonds. The number of hydrogen-bond acceptors (Lipinski definition) is 5. The van der Waals surface area contributed by atoms with Crippen LogP contribution in [0.3, 0.4) is 0 Å². The summed E-state index contributed by atoms with van der Waals surface area (Å²) in [6.07, 6.45) is 0. The van der Waals surface area contributed by atoms with Crippen molar-refractivity contribution in [2.45, 2.75) is 20.4 Å². The van der Waals surface area contributed by atoms with Crippen molar-refractivity contribution in [3.63, 3.8) is 0 Å². The van der Waals surface area contributed by atoms with Gasteiger partial charge in [-0.15, -0.1) is 10.2 Å². The molecular weight excluding hydrogens is 341 g/mol. The van der Waals surface area contributed by atoms with Crippen LogP contribution in [0.2, 0.25) is 10.0 Å². The van der Waals surface area contributed by atoms with Gasteiger partial charge < -0.3 is 0 Å². The third-order valence-corrected chi connectivity index (χ3v) is 4.97. The number of halogens is 2. The summed E-state index contributed by atoms with van der Waals surface area (Å²) < 4.78 is 1.79. The van der Waals surface area contributed by atoms with Crippen molar-refractivity contribution in [2.75, 3.05) is 13.1 Å². The lowest BCUT2D eigenvalue weighted by molar-refractivity contribution is 0.286. The van der Waals surface area contributed by atoms with Gasteiger partial charge in [0.15, 0.2) is 5.82 Å². The Morgan fingerprint density at radius 2 is 1.95 bits per heavy atom. The highest BCUT2D eigenvalue weighted by molar-refractivity contribution is 7.19. The number of rotatable bonds is 5. The van der Waals surface area contributed by atoms with E-state index in [9.17, 15) is 0 Å². The maximum atomic E-state index is 6.25. The van der Waals surface area contributed by atoms with Crippen LogP contribution in [0.25, 0.3) is 15.5 Å². The van der Waals surface area contributed by atoms with Gasteiger partial charge in [0, 0.05) is 10.6 Å². The van der Waals surface area contributed by atoms with E-state index < -0.39 is 0 Å². The average molecular weight is 356 g/mol. The van der Waals surface area contributed by atoms with Crippen LogP contribution in [0, 0.1) is 0 Å². The van der Waals surface area contributed by atoms with Crippen molar-refractivity contribution >= 4 is 39.5 Å². The summed E-state index contributed by atoms with van der Waals surface area (Å²) in [6.45, 7) is 6.89. The molecule has 2 aromatic heterocycles. The normalized spacial score (nSPS) is 11.7. The molecule has 3 aromatic rings. The predicted molar refractivity (Wildman–Crippen MR) is 90.7 cm³/mol. The van der Waals surface area contributed by atoms with Crippen LogP contribution in [0.4, 0.5) is 0 Å². The maximum absolute atomic E-state index is 6.25. The van der Waals surface area contributed by atoms with Gasteiger partial charge in [-0.3, -0.25) is 4.90 Å². The zero-order valence-electron chi connectivity index (χ0n) is 12.3. The molecule has 3 rings (SSSR count). The summed E-state index contributed by atoms with van der Waals surface area (Å²) >= 11 is 13.8. The van der Waals surface area contributed by atoms with Gasteiger partial charge in [0.25, 0.3) is 0 Å². The van der Waals surface area contributed by atoms with Gasteiger partial charge in [-0.25, -0.2) is 0 Å². The molecule has 0 aliphatic heterocycles. The minimum absolute atomic E-state index is 0.625. The molecule has 8 heteroatoms. The van der Waals surface area contributed by atoms with E-state index in [1.807, 2.05) is 6.07 Å². The van der Waals surface area contributed by atoms with Crippen molar-refractivity contribution < 1.29 is 0 Å². The second-order valence-corrected chi connectivity index (χ2v) is 6.60. The highest BCUT2D eigenvalue weighted by Gasteiger charge is 2.16. The highest BCUT2D eigenvalue weighted by atomic mass is 35.5. The molecule has 2 heterocycles. The van der Waals surface area contributed by atoms with Gasteiger partial charge in [-0.2, -0.15) is 9.61 Å². The fraction of sp³-hybridized carbons (Fsp3) is 0.357. The standard InChI is InChI=1S/C14H15Cl2N5S/c1-3-20(4-2)8-12-17-18-14-21(12)19-13(22-14)10-7-9(15)5-6-11(10)16/h5-7H,3-4,8H2,1-2H3. The quantitative estimate of drug-likeness (QED) is 0.693. The van der Waals surface area contributed by atoms with E-state index in [2.05, 4.69) is 34.0 Å². The van der Waals surface area contributed by atoms with E-state index in [4.69, 9.17) is 23.2 Å². The lowest BCUT2D eigenvalue weighted by Crippen LogP contribution is -2.23. The molecule has 22 heavy (non-hydrogen) atoms. The van der Waals surface area contributed by atoms with Crippen molar-refractivity contribution in [3.05, 3.63) is 34.1 Å². The topological polar surface area (TPSA) is 46.3 Å². The Hall–Kier alpha value is -1.21. The molecule has 0 aliphatic rings. The minimum Gasteiger partial charge on any atom is -0.296 e. The number of hydrogen-bond donors (Lipinski definition) is 0. The smallest absolute Gasteiger partial charge is 0.235 e. The summed E-state index contributed by atoms with van der Waals surface area (Å²) in [5, 5.41) is 15.1. The lowest BCUT2D eigenvalue weighted by atomic mass is 10.2. The monoisotopic (exact) mass is 355 g/mol. The summed E-state index contributed by atoms with van der Waals surface area (Å²) in [6, 6.07) is 5.36. The highest BCUT2D eigenvalue weighted by Crippen LogP contribution is 2.33. The summed E-state index contributed by atoms with van der Waals surface area (Å²) in [5.74, 6) is 0.833. The Morgan fingerprint density at radius 3 is 2.68 bits per heavy atom. The molecule has 1 aromatic carbocycles. The van der Waals surface area contributed by atoms with Crippen molar-refractivity contribution in [2.24, 2.45) is 0 Å². The van der Waals surface area contributed by atoms with Crippen LogP contribution in [0.5, 0.6) is 0 Å².